The maximum absolute atomic E-state index is 11.4. The summed E-state index contributed by atoms with van der Waals surface area (Å²) in [5.74, 6) is 0.424. The third-order valence-electron chi connectivity index (χ3n) is 2.50. The van der Waals surface area contributed by atoms with E-state index < -0.39 is 10.0 Å². The van der Waals surface area contributed by atoms with Crippen LogP contribution in [0.5, 0.6) is 0 Å². The normalized spacial score (nSPS) is 11.9. The Hall–Kier alpha value is -1.67. The predicted octanol–water partition coefficient (Wildman–Crippen LogP) is 0.389. The van der Waals surface area contributed by atoms with Gasteiger partial charge in [0.25, 0.3) is 0 Å². The number of hydrogen-bond donors (Lipinski definition) is 2. The minimum absolute atomic E-state index is 0.00454. The molecule has 0 unspecified atom stereocenters. The maximum atomic E-state index is 11.4. The van der Waals surface area contributed by atoms with Crippen LogP contribution in [0.15, 0.2) is 18.3 Å². The van der Waals surface area contributed by atoms with Gasteiger partial charge in [0.05, 0.1) is 5.75 Å². The molecule has 104 valence electrons. The smallest absolute Gasteiger partial charge is 0.243 e. The molecule has 19 heavy (non-hydrogen) atoms. The van der Waals surface area contributed by atoms with Crippen molar-refractivity contribution in [1.29, 1.82) is 0 Å². The number of anilines is 1. The Bertz CT molecular complexity index is 665. The van der Waals surface area contributed by atoms with Crippen LogP contribution in [0.25, 0.3) is 5.65 Å². The van der Waals surface area contributed by atoms with Gasteiger partial charge >= 0.3 is 0 Å². The van der Waals surface area contributed by atoms with Crippen LogP contribution in [-0.4, -0.2) is 41.9 Å². The molecule has 0 amide bonds. The van der Waals surface area contributed by atoms with E-state index >= 15 is 0 Å². The number of pyridine rings is 1. The summed E-state index contributed by atoms with van der Waals surface area (Å²) in [6, 6.07) is 3.81. The molecule has 2 heterocycles. The van der Waals surface area contributed by atoms with Crippen LogP contribution < -0.4 is 10.0 Å². The molecule has 0 saturated heterocycles. The minimum atomic E-state index is -3.21. The zero-order valence-electron chi connectivity index (χ0n) is 10.9. The summed E-state index contributed by atoms with van der Waals surface area (Å²) in [5.41, 5.74) is 1.81. The molecule has 2 N–H and O–H groups in total. The molecule has 0 bridgehead atoms. The Kier molecular flexibility index (Phi) is 4.01. The summed E-state index contributed by atoms with van der Waals surface area (Å²) >= 11 is 0. The van der Waals surface area contributed by atoms with Crippen LogP contribution in [-0.2, 0) is 10.0 Å². The molecule has 0 fully saturated rings. The number of sulfonamides is 1. The lowest BCUT2D eigenvalue weighted by Crippen LogP contribution is -2.29. The fraction of sp³-hybridized carbons (Fsp3) is 0.455. The van der Waals surface area contributed by atoms with Crippen LogP contribution >= 0.6 is 0 Å². The largest absolute Gasteiger partial charge is 0.352 e. The van der Waals surface area contributed by atoms with Crippen molar-refractivity contribution in [2.75, 3.05) is 24.2 Å². The number of aromatic nitrogens is 3. The van der Waals surface area contributed by atoms with Gasteiger partial charge in [-0.25, -0.2) is 17.7 Å². The van der Waals surface area contributed by atoms with Crippen molar-refractivity contribution in [3.05, 3.63) is 23.9 Å². The van der Waals surface area contributed by atoms with E-state index in [4.69, 9.17) is 0 Å². The molecule has 0 spiro atoms. The van der Waals surface area contributed by atoms with Crippen LogP contribution in [0.4, 0.5) is 5.95 Å². The summed E-state index contributed by atoms with van der Waals surface area (Å²) in [6.07, 6.45) is 1.86. The molecule has 2 aromatic heterocycles. The van der Waals surface area contributed by atoms with E-state index in [2.05, 4.69) is 20.1 Å². The van der Waals surface area contributed by atoms with E-state index in [0.717, 1.165) is 11.2 Å². The Morgan fingerprint density at radius 2 is 2.16 bits per heavy atom. The SMILES string of the molecule is CCNS(=O)(=O)CCNc1nc2ccc(C)cn2n1. The molecule has 0 saturated carbocycles. The lowest BCUT2D eigenvalue weighted by atomic mass is 10.3. The number of nitrogens with zero attached hydrogens (tertiary/aromatic N) is 3. The van der Waals surface area contributed by atoms with Crippen molar-refractivity contribution >= 4 is 21.6 Å². The van der Waals surface area contributed by atoms with E-state index in [1.807, 2.05) is 25.3 Å². The van der Waals surface area contributed by atoms with E-state index in [-0.39, 0.29) is 12.3 Å². The highest BCUT2D eigenvalue weighted by atomic mass is 32.2. The highest BCUT2D eigenvalue weighted by Gasteiger charge is 2.09. The molecule has 0 aliphatic rings. The lowest BCUT2D eigenvalue weighted by Gasteiger charge is -2.04. The Morgan fingerprint density at radius 1 is 1.37 bits per heavy atom. The zero-order chi connectivity index (χ0) is 13.9. The van der Waals surface area contributed by atoms with Gasteiger partial charge in [0.1, 0.15) is 0 Å². The summed E-state index contributed by atoms with van der Waals surface area (Å²) in [6.45, 7) is 4.38. The Balaban J connectivity index is 1.99. The van der Waals surface area contributed by atoms with Gasteiger partial charge in [-0.15, -0.1) is 5.10 Å². The van der Waals surface area contributed by atoms with Gasteiger partial charge in [-0.1, -0.05) is 13.0 Å². The van der Waals surface area contributed by atoms with Crippen molar-refractivity contribution in [1.82, 2.24) is 19.3 Å². The van der Waals surface area contributed by atoms with Crippen molar-refractivity contribution in [2.24, 2.45) is 0 Å². The number of nitrogens with one attached hydrogen (secondary N) is 2. The van der Waals surface area contributed by atoms with Crippen LogP contribution in [0.2, 0.25) is 0 Å². The van der Waals surface area contributed by atoms with Crippen LogP contribution in [0, 0.1) is 6.92 Å². The maximum Gasteiger partial charge on any atom is 0.243 e. The van der Waals surface area contributed by atoms with Gasteiger partial charge < -0.3 is 5.32 Å². The first-order valence-corrected chi connectivity index (χ1v) is 7.69. The monoisotopic (exact) mass is 283 g/mol. The molecule has 0 radical (unpaired) electrons. The first kappa shape index (κ1) is 13.8. The predicted molar refractivity (Wildman–Crippen MR) is 73.7 cm³/mol. The second-order valence-corrected chi connectivity index (χ2v) is 6.11. The number of rotatable bonds is 6. The molecule has 0 aromatic carbocycles. The van der Waals surface area contributed by atoms with Crippen molar-refractivity contribution in [3.63, 3.8) is 0 Å². The van der Waals surface area contributed by atoms with E-state index in [1.165, 1.54) is 0 Å². The van der Waals surface area contributed by atoms with Gasteiger partial charge in [0.15, 0.2) is 5.65 Å². The summed E-state index contributed by atoms with van der Waals surface area (Å²) < 4.78 is 27.0. The number of aryl methyl sites for hydroxylation is 1. The first-order valence-electron chi connectivity index (χ1n) is 6.04. The average Bonchev–Trinajstić information content (AvgIpc) is 2.70. The quantitative estimate of drug-likeness (QED) is 0.800. The average molecular weight is 283 g/mol. The highest BCUT2D eigenvalue weighted by Crippen LogP contribution is 2.06. The van der Waals surface area contributed by atoms with Gasteiger partial charge in [-0.2, -0.15) is 4.98 Å². The number of fused-ring (bicyclic) bond motifs is 1. The summed E-state index contributed by atoms with van der Waals surface area (Å²) in [7, 11) is -3.21. The van der Waals surface area contributed by atoms with Crippen molar-refractivity contribution in [2.45, 2.75) is 13.8 Å². The fourth-order valence-corrected chi connectivity index (χ4v) is 2.61. The standard InChI is InChI=1S/C11H17N5O2S/c1-3-13-19(17,18)7-6-12-11-14-10-5-4-9(2)8-16(10)15-11/h4-5,8,13H,3,6-7H2,1-2H3,(H,12,15). The van der Waals surface area contributed by atoms with Crippen LogP contribution in [0.1, 0.15) is 12.5 Å². The molecular weight excluding hydrogens is 266 g/mol. The summed E-state index contributed by atoms with van der Waals surface area (Å²) in [5, 5.41) is 7.12. The molecule has 2 rings (SSSR count). The first-order chi connectivity index (χ1) is 9.00. The third-order valence-corrected chi connectivity index (χ3v) is 3.97. The zero-order valence-corrected chi connectivity index (χ0v) is 11.7. The van der Waals surface area contributed by atoms with E-state index in [0.29, 0.717) is 12.5 Å². The Morgan fingerprint density at radius 3 is 2.89 bits per heavy atom. The highest BCUT2D eigenvalue weighted by molar-refractivity contribution is 7.89. The van der Waals surface area contributed by atoms with Gasteiger partial charge in [-0.3, -0.25) is 0 Å². The molecule has 8 heteroatoms. The second-order valence-electron chi connectivity index (χ2n) is 4.19. The topological polar surface area (TPSA) is 88.4 Å². The second kappa shape index (κ2) is 5.54. The van der Waals surface area contributed by atoms with Crippen molar-refractivity contribution in [3.8, 4) is 0 Å². The Labute approximate surface area is 112 Å². The molecule has 2 aromatic rings. The minimum Gasteiger partial charge on any atom is -0.352 e. The van der Waals surface area contributed by atoms with Gasteiger partial charge in [-0.05, 0) is 18.6 Å². The van der Waals surface area contributed by atoms with E-state index in [1.54, 1.807) is 11.4 Å². The van der Waals surface area contributed by atoms with Gasteiger partial charge in [0.2, 0.25) is 16.0 Å². The van der Waals surface area contributed by atoms with E-state index in [9.17, 15) is 8.42 Å². The molecule has 0 atom stereocenters. The lowest BCUT2D eigenvalue weighted by molar-refractivity contribution is 0.584. The fourth-order valence-electron chi connectivity index (χ4n) is 1.65. The summed E-state index contributed by atoms with van der Waals surface area (Å²) in [4.78, 5) is 4.24. The molecule has 0 aliphatic carbocycles. The molecule has 7 nitrogen and oxygen atoms in total. The molecule has 0 aliphatic heterocycles. The molecular formula is C11H17N5O2S. The van der Waals surface area contributed by atoms with Crippen molar-refractivity contribution < 1.29 is 8.42 Å². The third kappa shape index (κ3) is 3.65. The van der Waals surface area contributed by atoms with Crippen LogP contribution in [0.3, 0.4) is 0 Å². The number of hydrogen-bond acceptors (Lipinski definition) is 5. The van der Waals surface area contributed by atoms with Gasteiger partial charge in [0, 0.05) is 19.3 Å².